The van der Waals surface area contributed by atoms with Gasteiger partial charge in [0, 0.05) is 32.1 Å². The van der Waals surface area contributed by atoms with Crippen LogP contribution in [0.4, 0.5) is 13.2 Å². The zero-order valence-corrected chi connectivity index (χ0v) is 18.7. The first-order valence-electron chi connectivity index (χ1n) is 11.4. The fourth-order valence-corrected chi connectivity index (χ4v) is 4.40. The Kier molecular flexibility index (Phi) is 5.74. The van der Waals surface area contributed by atoms with Crippen LogP contribution in [0.25, 0.3) is 5.69 Å². The van der Waals surface area contributed by atoms with Gasteiger partial charge in [0.15, 0.2) is 0 Å². The van der Waals surface area contributed by atoms with Crippen LogP contribution in [-0.4, -0.2) is 62.7 Å². The van der Waals surface area contributed by atoms with Crippen LogP contribution >= 0.6 is 0 Å². The van der Waals surface area contributed by atoms with Crippen molar-refractivity contribution in [1.29, 1.82) is 0 Å². The molecule has 3 aromatic rings. The minimum absolute atomic E-state index is 0.0647. The summed E-state index contributed by atoms with van der Waals surface area (Å²) in [5.74, 6) is -0.576. The van der Waals surface area contributed by atoms with Crippen LogP contribution in [0.3, 0.4) is 0 Å². The predicted molar refractivity (Wildman–Crippen MR) is 120 cm³/mol. The van der Waals surface area contributed by atoms with Gasteiger partial charge in [-0.15, -0.1) is 0 Å². The first-order valence-corrected chi connectivity index (χ1v) is 11.4. The van der Waals surface area contributed by atoms with E-state index in [9.17, 15) is 27.9 Å². The predicted octanol–water partition coefficient (Wildman–Crippen LogP) is 4.07. The largest absolute Gasteiger partial charge is 0.507 e. The molecule has 2 fully saturated rings. The number of nitrogens with zero attached hydrogens (tertiary/aromatic N) is 4. The van der Waals surface area contributed by atoms with E-state index in [1.807, 2.05) is 0 Å². The summed E-state index contributed by atoms with van der Waals surface area (Å²) >= 11 is 0. The van der Waals surface area contributed by atoms with E-state index in [0.29, 0.717) is 37.4 Å². The van der Waals surface area contributed by atoms with Crippen molar-refractivity contribution in [1.82, 2.24) is 19.6 Å². The van der Waals surface area contributed by atoms with E-state index in [1.54, 1.807) is 34.1 Å². The molecule has 0 unspecified atom stereocenters. The number of carbonyl (C=O) groups is 2. The van der Waals surface area contributed by atoms with E-state index in [1.165, 1.54) is 23.0 Å². The molecule has 0 spiro atoms. The molecule has 1 N–H and O–H groups in total. The number of aromatic nitrogens is 2. The topological polar surface area (TPSA) is 78.7 Å². The highest BCUT2D eigenvalue weighted by molar-refractivity contribution is 5.98. The first kappa shape index (κ1) is 22.9. The first-order chi connectivity index (χ1) is 16.7. The third-order valence-corrected chi connectivity index (χ3v) is 6.41. The van der Waals surface area contributed by atoms with Gasteiger partial charge in [-0.3, -0.25) is 9.59 Å². The van der Waals surface area contributed by atoms with Crippen LogP contribution in [0.1, 0.15) is 50.7 Å². The summed E-state index contributed by atoms with van der Waals surface area (Å²) in [6, 6.07) is 11.2. The molecule has 182 valence electrons. The lowest BCUT2D eigenvalue weighted by Crippen LogP contribution is -2.50. The Morgan fingerprint density at radius 3 is 2.11 bits per heavy atom. The molecule has 2 heterocycles. The number of alkyl halides is 3. The van der Waals surface area contributed by atoms with Gasteiger partial charge in [0.1, 0.15) is 5.75 Å². The fourth-order valence-electron chi connectivity index (χ4n) is 4.40. The number of piperazine rings is 1. The molecule has 2 amide bonds. The van der Waals surface area contributed by atoms with Crippen LogP contribution in [0.2, 0.25) is 0 Å². The van der Waals surface area contributed by atoms with Gasteiger partial charge in [-0.1, -0.05) is 18.2 Å². The SMILES string of the molecule is O=C(c1ccccc1O)N1CCN(C(=O)c2cnn(-c3cccc(C(F)(F)F)c3)c2C2CC2)CC1. The van der Waals surface area contributed by atoms with Gasteiger partial charge in [-0.2, -0.15) is 18.3 Å². The van der Waals surface area contributed by atoms with Crippen molar-refractivity contribution in [3.63, 3.8) is 0 Å². The summed E-state index contributed by atoms with van der Waals surface area (Å²) in [5.41, 5.74) is 0.710. The number of para-hydroxylation sites is 1. The van der Waals surface area contributed by atoms with E-state index in [-0.39, 0.29) is 34.7 Å². The van der Waals surface area contributed by atoms with Crippen LogP contribution < -0.4 is 0 Å². The van der Waals surface area contributed by atoms with Crippen molar-refractivity contribution in [2.45, 2.75) is 24.9 Å². The molecule has 1 saturated carbocycles. The Bertz CT molecular complexity index is 1270. The van der Waals surface area contributed by atoms with Gasteiger partial charge in [0.05, 0.1) is 34.3 Å². The molecule has 10 heteroatoms. The summed E-state index contributed by atoms with van der Waals surface area (Å²) < 4.78 is 41.1. The molecule has 0 atom stereocenters. The molecule has 2 aromatic carbocycles. The van der Waals surface area contributed by atoms with Crippen molar-refractivity contribution in [3.05, 3.63) is 77.1 Å². The highest BCUT2D eigenvalue weighted by Gasteiger charge is 2.36. The highest BCUT2D eigenvalue weighted by atomic mass is 19.4. The maximum absolute atomic E-state index is 13.4. The van der Waals surface area contributed by atoms with Crippen molar-refractivity contribution < 1.29 is 27.9 Å². The molecule has 7 nitrogen and oxygen atoms in total. The summed E-state index contributed by atoms with van der Waals surface area (Å²) in [7, 11) is 0. The van der Waals surface area contributed by atoms with Crippen molar-refractivity contribution in [2.75, 3.05) is 26.2 Å². The molecule has 1 aromatic heterocycles. The number of hydrogen-bond donors (Lipinski definition) is 1. The average Bonchev–Trinajstić information content (AvgIpc) is 3.60. The van der Waals surface area contributed by atoms with Crippen molar-refractivity contribution in [2.24, 2.45) is 0 Å². The normalized spacial score (nSPS) is 16.4. The second-order valence-electron chi connectivity index (χ2n) is 8.78. The number of halogens is 3. The number of hydrogen-bond acceptors (Lipinski definition) is 4. The minimum atomic E-state index is -4.48. The lowest BCUT2D eigenvalue weighted by molar-refractivity contribution is -0.137. The summed E-state index contributed by atoms with van der Waals surface area (Å²) in [5, 5.41) is 14.3. The van der Waals surface area contributed by atoms with Gasteiger partial charge >= 0.3 is 6.18 Å². The third kappa shape index (κ3) is 4.48. The Balaban J connectivity index is 1.35. The van der Waals surface area contributed by atoms with Crippen LogP contribution in [0, 0.1) is 0 Å². The van der Waals surface area contributed by atoms with Gasteiger partial charge < -0.3 is 14.9 Å². The number of phenolic OH excluding ortho intramolecular Hbond substituents is 1. The number of rotatable bonds is 4. The Morgan fingerprint density at radius 1 is 0.886 bits per heavy atom. The molecule has 2 aliphatic rings. The van der Waals surface area contributed by atoms with E-state index in [0.717, 1.165) is 25.0 Å². The standard InChI is InChI=1S/C25H23F3N4O3/c26-25(27,28)17-4-3-5-18(14-17)32-22(16-8-9-16)20(15-29-32)24(35)31-12-10-30(11-13-31)23(34)19-6-1-2-7-21(19)33/h1-7,14-16,33H,8-13H2. The molecular formula is C25H23F3N4O3. The van der Waals surface area contributed by atoms with E-state index >= 15 is 0 Å². The van der Waals surface area contributed by atoms with Crippen LogP contribution in [-0.2, 0) is 6.18 Å². The maximum atomic E-state index is 13.4. The lowest BCUT2D eigenvalue weighted by Gasteiger charge is -2.35. The van der Waals surface area contributed by atoms with Crippen LogP contribution in [0.5, 0.6) is 5.75 Å². The fraction of sp³-hybridized carbons (Fsp3) is 0.320. The molecule has 35 heavy (non-hydrogen) atoms. The second-order valence-corrected chi connectivity index (χ2v) is 8.78. The van der Waals surface area contributed by atoms with Crippen LogP contribution in [0.15, 0.2) is 54.7 Å². The third-order valence-electron chi connectivity index (χ3n) is 6.41. The zero-order chi connectivity index (χ0) is 24.7. The van der Waals surface area contributed by atoms with Gasteiger partial charge in [0.2, 0.25) is 0 Å². The molecule has 1 aliphatic carbocycles. The summed E-state index contributed by atoms with van der Waals surface area (Å²) in [6.45, 7) is 1.22. The van der Waals surface area contributed by atoms with E-state index in [4.69, 9.17) is 0 Å². The smallest absolute Gasteiger partial charge is 0.416 e. The summed E-state index contributed by atoms with van der Waals surface area (Å²) in [6.07, 6.45) is -1.37. The maximum Gasteiger partial charge on any atom is 0.416 e. The van der Waals surface area contributed by atoms with Gasteiger partial charge in [0.25, 0.3) is 11.8 Å². The number of carbonyl (C=O) groups excluding carboxylic acids is 2. The number of amides is 2. The lowest BCUT2D eigenvalue weighted by atomic mass is 10.1. The zero-order valence-electron chi connectivity index (χ0n) is 18.7. The Morgan fingerprint density at radius 2 is 1.51 bits per heavy atom. The molecule has 0 bridgehead atoms. The number of phenols is 1. The molecule has 0 radical (unpaired) electrons. The average molecular weight is 484 g/mol. The monoisotopic (exact) mass is 484 g/mol. The van der Waals surface area contributed by atoms with Gasteiger partial charge in [-0.05, 0) is 43.2 Å². The molecular weight excluding hydrogens is 461 g/mol. The number of benzene rings is 2. The number of aromatic hydroxyl groups is 1. The highest BCUT2D eigenvalue weighted by Crippen LogP contribution is 2.43. The van der Waals surface area contributed by atoms with Gasteiger partial charge in [-0.25, -0.2) is 4.68 Å². The Labute approximate surface area is 199 Å². The quantitative estimate of drug-likeness (QED) is 0.606. The van der Waals surface area contributed by atoms with Crippen molar-refractivity contribution in [3.8, 4) is 11.4 Å². The molecule has 5 rings (SSSR count). The van der Waals surface area contributed by atoms with E-state index in [2.05, 4.69) is 5.10 Å². The Hall–Kier alpha value is -3.82. The minimum Gasteiger partial charge on any atom is -0.507 e. The summed E-state index contributed by atoms with van der Waals surface area (Å²) in [4.78, 5) is 29.3. The molecule has 1 aliphatic heterocycles. The van der Waals surface area contributed by atoms with E-state index < -0.39 is 11.7 Å². The van der Waals surface area contributed by atoms with Crippen molar-refractivity contribution >= 4 is 11.8 Å². The molecule has 1 saturated heterocycles. The second kappa shape index (κ2) is 8.75.